The molecule has 0 spiro atoms. The third-order valence-electron chi connectivity index (χ3n) is 3.40. The van der Waals surface area contributed by atoms with E-state index in [1.165, 1.54) is 22.3 Å². The fourth-order valence-electron chi connectivity index (χ4n) is 2.21. The minimum absolute atomic E-state index is 1.01. The van der Waals surface area contributed by atoms with Crippen LogP contribution in [0.4, 0.5) is 13.2 Å². The molecule has 0 unspecified atom stereocenters. The molecule has 1 aliphatic rings. The number of hydrogen-bond acceptors (Lipinski definition) is 2. The van der Waals surface area contributed by atoms with Crippen LogP contribution in [-0.2, 0) is 4.79 Å². The zero-order valence-electron chi connectivity index (χ0n) is 12.7. The Hall–Kier alpha value is -2.60. The topological polar surface area (TPSA) is 49.3 Å². The molecule has 24 heavy (non-hydrogen) atoms. The zero-order valence-corrected chi connectivity index (χ0v) is 12.7. The van der Waals surface area contributed by atoms with E-state index < -0.39 is 12.1 Å². The lowest BCUT2D eigenvalue weighted by molar-refractivity contribution is -0.192. The molecule has 126 valence electrons. The number of halogens is 3. The normalized spacial score (nSPS) is 13.4. The Kier molecular flexibility index (Phi) is 5.76. The second-order valence-electron chi connectivity index (χ2n) is 5.12. The summed E-state index contributed by atoms with van der Waals surface area (Å²) in [6.07, 6.45) is -5.08. The summed E-state index contributed by atoms with van der Waals surface area (Å²) in [6.45, 7) is 2.03. The Morgan fingerprint density at radius 1 is 0.875 bits per heavy atom. The summed E-state index contributed by atoms with van der Waals surface area (Å²) in [6, 6.07) is 21.3. The number of benzene rings is 2. The van der Waals surface area contributed by atoms with Crippen molar-refractivity contribution in [2.75, 3.05) is 13.1 Å². The van der Waals surface area contributed by atoms with Gasteiger partial charge in [-0.05, 0) is 22.3 Å². The molecule has 0 amide bonds. The molecule has 1 aliphatic heterocycles. The van der Waals surface area contributed by atoms with Crippen molar-refractivity contribution in [3.8, 4) is 0 Å². The van der Waals surface area contributed by atoms with Gasteiger partial charge in [0.05, 0.1) is 0 Å². The van der Waals surface area contributed by atoms with E-state index in [4.69, 9.17) is 9.90 Å². The number of alkyl halides is 3. The first-order valence-corrected chi connectivity index (χ1v) is 7.23. The quantitative estimate of drug-likeness (QED) is 0.879. The summed E-state index contributed by atoms with van der Waals surface area (Å²) in [5, 5.41) is 10.4. The van der Waals surface area contributed by atoms with Crippen LogP contribution < -0.4 is 5.32 Å². The average molecular weight is 335 g/mol. The number of carboxylic acids is 1. The molecule has 1 fully saturated rings. The zero-order chi connectivity index (χ0) is 17.6. The van der Waals surface area contributed by atoms with E-state index in [2.05, 4.69) is 66.0 Å². The molecule has 2 aromatic carbocycles. The first-order valence-electron chi connectivity index (χ1n) is 7.23. The second-order valence-corrected chi connectivity index (χ2v) is 5.12. The first kappa shape index (κ1) is 17.7. The van der Waals surface area contributed by atoms with Crippen LogP contribution in [0.5, 0.6) is 0 Å². The maximum Gasteiger partial charge on any atom is 0.490 e. The number of rotatable bonds is 2. The van der Waals surface area contributed by atoms with Gasteiger partial charge < -0.3 is 10.4 Å². The van der Waals surface area contributed by atoms with Gasteiger partial charge in [-0.15, -0.1) is 0 Å². The van der Waals surface area contributed by atoms with Crippen LogP contribution in [0.25, 0.3) is 5.57 Å². The fraction of sp³-hybridized carbons (Fsp3) is 0.167. The molecule has 6 heteroatoms. The number of carbonyl (C=O) groups is 1. The van der Waals surface area contributed by atoms with E-state index in [0.717, 1.165) is 13.1 Å². The molecule has 1 heterocycles. The van der Waals surface area contributed by atoms with E-state index in [9.17, 15) is 13.2 Å². The molecule has 3 nitrogen and oxygen atoms in total. The van der Waals surface area contributed by atoms with Crippen molar-refractivity contribution in [1.29, 1.82) is 0 Å². The van der Waals surface area contributed by atoms with Crippen LogP contribution in [0.2, 0.25) is 0 Å². The van der Waals surface area contributed by atoms with Crippen molar-refractivity contribution in [3.05, 3.63) is 77.4 Å². The molecule has 2 aromatic rings. The molecule has 1 saturated heterocycles. The summed E-state index contributed by atoms with van der Waals surface area (Å²) in [5.41, 5.74) is 5.53. The van der Waals surface area contributed by atoms with Crippen LogP contribution in [0.15, 0.2) is 66.2 Å². The van der Waals surface area contributed by atoms with Gasteiger partial charge in [-0.3, -0.25) is 0 Å². The summed E-state index contributed by atoms with van der Waals surface area (Å²) in [7, 11) is 0. The van der Waals surface area contributed by atoms with E-state index in [1.54, 1.807) is 0 Å². The van der Waals surface area contributed by atoms with Gasteiger partial charge in [-0.25, -0.2) is 4.79 Å². The summed E-state index contributed by atoms with van der Waals surface area (Å²) < 4.78 is 31.7. The standard InChI is InChI=1S/C16H15N.C2HF3O2/c1-3-7-13(8-4-1)16(15-11-17-12-15)14-9-5-2-6-10-14;3-2(4,5)1(6)7/h1-10,17H,11-12H2;(H,6,7). The molecule has 0 radical (unpaired) electrons. The number of hydrogen-bond donors (Lipinski definition) is 2. The lowest BCUT2D eigenvalue weighted by atomic mass is 9.90. The minimum atomic E-state index is -5.08. The highest BCUT2D eigenvalue weighted by atomic mass is 19.4. The SMILES string of the molecule is O=C(O)C(F)(F)F.c1ccc(C(=C2CNC2)c2ccccc2)cc1. The van der Waals surface area contributed by atoms with Crippen molar-refractivity contribution in [2.45, 2.75) is 6.18 Å². The van der Waals surface area contributed by atoms with Gasteiger partial charge in [-0.2, -0.15) is 13.2 Å². The van der Waals surface area contributed by atoms with E-state index in [-0.39, 0.29) is 0 Å². The lowest BCUT2D eigenvalue weighted by Gasteiger charge is -2.24. The molecule has 3 rings (SSSR count). The predicted octanol–water partition coefficient (Wildman–Crippen LogP) is 3.73. The molecular formula is C18H16F3NO2. The molecule has 0 saturated carbocycles. The Morgan fingerprint density at radius 2 is 1.25 bits per heavy atom. The van der Waals surface area contributed by atoms with Gasteiger partial charge in [0.2, 0.25) is 0 Å². The van der Waals surface area contributed by atoms with Gasteiger partial charge in [0, 0.05) is 13.1 Å². The highest BCUT2D eigenvalue weighted by Crippen LogP contribution is 2.28. The number of nitrogens with one attached hydrogen (secondary N) is 1. The Labute approximate surface area is 137 Å². The first-order chi connectivity index (χ1) is 11.4. The van der Waals surface area contributed by atoms with Crippen LogP contribution in [0, 0.1) is 0 Å². The van der Waals surface area contributed by atoms with E-state index in [1.807, 2.05) is 0 Å². The highest BCUT2D eigenvalue weighted by molar-refractivity contribution is 5.83. The fourth-order valence-corrected chi connectivity index (χ4v) is 2.21. The molecular weight excluding hydrogens is 319 g/mol. The van der Waals surface area contributed by atoms with Gasteiger partial charge in [0.1, 0.15) is 0 Å². The van der Waals surface area contributed by atoms with Gasteiger partial charge in [-0.1, -0.05) is 60.7 Å². The van der Waals surface area contributed by atoms with Gasteiger partial charge in [0.15, 0.2) is 0 Å². The van der Waals surface area contributed by atoms with Crippen LogP contribution in [0.1, 0.15) is 11.1 Å². The maximum atomic E-state index is 10.6. The van der Waals surface area contributed by atoms with Crippen LogP contribution >= 0.6 is 0 Å². The predicted molar refractivity (Wildman–Crippen MR) is 85.5 cm³/mol. The molecule has 0 aromatic heterocycles. The minimum Gasteiger partial charge on any atom is -0.475 e. The third kappa shape index (κ3) is 4.70. The van der Waals surface area contributed by atoms with Crippen LogP contribution in [-0.4, -0.2) is 30.3 Å². The smallest absolute Gasteiger partial charge is 0.475 e. The Morgan fingerprint density at radius 3 is 1.50 bits per heavy atom. The number of aliphatic carboxylic acids is 1. The summed E-state index contributed by atoms with van der Waals surface area (Å²) in [5.74, 6) is -2.76. The maximum absolute atomic E-state index is 10.6. The van der Waals surface area contributed by atoms with Gasteiger partial charge in [0.25, 0.3) is 0 Å². The average Bonchev–Trinajstić information content (AvgIpc) is 2.52. The Balaban J connectivity index is 0.000000256. The van der Waals surface area contributed by atoms with Gasteiger partial charge >= 0.3 is 12.1 Å². The van der Waals surface area contributed by atoms with Crippen molar-refractivity contribution >= 4 is 11.5 Å². The molecule has 0 bridgehead atoms. The molecule has 0 aliphatic carbocycles. The lowest BCUT2D eigenvalue weighted by Crippen LogP contribution is -2.34. The molecule has 0 atom stereocenters. The summed E-state index contributed by atoms with van der Waals surface area (Å²) in [4.78, 5) is 8.90. The van der Waals surface area contributed by atoms with Crippen molar-refractivity contribution in [1.82, 2.24) is 5.32 Å². The Bertz CT molecular complexity index is 663. The van der Waals surface area contributed by atoms with Crippen LogP contribution in [0.3, 0.4) is 0 Å². The van der Waals surface area contributed by atoms with Crippen molar-refractivity contribution in [3.63, 3.8) is 0 Å². The second kappa shape index (κ2) is 7.79. The molecule has 2 N–H and O–H groups in total. The largest absolute Gasteiger partial charge is 0.490 e. The van der Waals surface area contributed by atoms with Crippen molar-refractivity contribution < 1.29 is 23.1 Å². The van der Waals surface area contributed by atoms with E-state index >= 15 is 0 Å². The summed E-state index contributed by atoms with van der Waals surface area (Å²) >= 11 is 0. The number of carboxylic acid groups (broad SMARTS) is 1. The van der Waals surface area contributed by atoms with E-state index in [0.29, 0.717) is 0 Å². The third-order valence-corrected chi connectivity index (χ3v) is 3.40. The monoisotopic (exact) mass is 335 g/mol. The van der Waals surface area contributed by atoms with Crippen molar-refractivity contribution in [2.24, 2.45) is 0 Å². The highest BCUT2D eigenvalue weighted by Gasteiger charge is 2.38.